The van der Waals surface area contributed by atoms with Crippen molar-refractivity contribution in [1.82, 2.24) is 0 Å². The zero-order valence-electron chi connectivity index (χ0n) is 12.3. The summed E-state index contributed by atoms with van der Waals surface area (Å²) in [6, 6.07) is 2.86. The van der Waals surface area contributed by atoms with Gasteiger partial charge in [0.1, 0.15) is 0 Å². The summed E-state index contributed by atoms with van der Waals surface area (Å²) in [7, 11) is 0. The van der Waals surface area contributed by atoms with E-state index in [0.29, 0.717) is 18.2 Å². The van der Waals surface area contributed by atoms with Crippen LogP contribution in [0.5, 0.6) is 0 Å². The molecule has 2 N–H and O–H groups in total. The molecule has 1 aromatic carbocycles. The van der Waals surface area contributed by atoms with Gasteiger partial charge in [-0.2, -0.15) is 0 Å². The lowest BCUT2D eigenvalue weighted by molar-refractivity contribution is 0.0409. The molecule has 0 aliphatic heterocycles. The third kappa shape index (κ3) is 7.32. The van der Waals surface area contributed by atoms with E-state index in [-0.39, 0.29) is 23.2 Å². The van der Waals surface area contributed by atoms with Gasteiger partial charge in [-0.1, -0.05) is 37.0 Å². The van der Waals surface area contributed by atoms with Crippen LogP contribution < -0.4 is 5.32 Å². The van der Waals surface area contributed by atoms with Crippen molar-refractivity contribution in [3.8, 4) is 0 Å². The summed E-state index contributed by atoms with van der Waals surface area (Å²) < 4.78 is 18.6. The fourth-order valence-corrected chi connectivity index (χ4v) is 2.25. The van der Waals surface area contributed by atoms with E-state index in [0.717, 1.165) is 12.8 Å². The van der Waals surface area contributed by atoms with Crippen molar-refractivity contribution in [2.45, 2.75) is 32.8 Å². The van der Waals surface area contributed by atoms with Crippen LogP contribution in [-0.2, 0) is 4.74 Å². The third-order valence-electron chi connectivity index (χ3n) is 2.91. The molecule has 0 aliphatic carbocycles. The third-order valence-corrected chi connectivity index (χ3v) is 3.46. The Balaban J connectivity index is 2.25. The van der Waals surface area contributed by atoms with Crippen molar-refractivity contribution in [3.63, 3.8) is 0 Å². The van der Waals surface area contributed by atoms with Crippen LogP contribution in [0.25, 0.3) is 0 Å². The van der Waals surface area contributed by atoms with Crippen LogP contribution in [-0.4, -0.2) is 31.0 Å². The highest BCUT2D eigenvalue weighted by Crippen LogP contribution is 2.27. The number of nitrogens with one attached hydrogen (secondary N) is 1. The quantitative estimate of drug-likeness (QED) is 0.519. The number of benzene rings is 1. The van der Waals surface area contributed by atoms with Gasteiger partial charge in [-0.25, -0.2) is 4.39 Å². The Morgan fingerprint density at radius 2 is 1.90 bits per heavy atom. The maximum Gasteiger partial charge on any atom is 0.160 e. The molecule has 0 radical (unpaired) electrons. The van der Waals surface area contributed by atoms with Gasteiger partial charge in [-0.05, 0) is 30.9 Å². The van der Waals surface area contributed by atoms with Crippen LogP contribution in [0, 0.1) is 11.7 Å². The van der Waals surface area contributed by atoms with Crippen molar-refractivity contribution in [2.75, 3.05) is 25.1 Å². The lowest BCUT2D eigenvalue weighted by Gasteiger charge is -2.14. The number of rotatable bonds is 9. The number of hydrogen-bond acceptors (Lipinski definition) is 3. The predicted octanol–water partition coefficient (Wildman–Crippen LogP) is 4.36. The van der Waals surface area contributed by atoms with Crippen LogP contribution in [0.4, 0.5) is 10.1 Å². The molecule has 1 rings (SSSR count). The van der Waals surface area contributed by atoms with E-state index in [9.17, 15) is 9.50 Å². The summed E-state index contributed by atoms with van der Waals surface area (Å²) in [5.41, 5.74) is 0.560. The van der Waals surface area contributed by atoms with Gasteiger partial charge in [0.05, 0.1) is 22.8 Å². The Morgan fingerprint density at radius 3 is 2.48 bits per heavy atom. The van der Waals surface area contributed by atoms with Crippen LogP contribution in [0.3, 0.4) is 0 Å². The molecule has 6 heteroatoms. The van der Waals surface area contributed by atoms with Crippen LogP contribution >= 0.6 is 23.2 Å². The second-order valence-corrected chi connectivity index (χ2v) is 6.21. The number of aliphatic hydroxyl groups is 1. The molecule has 0 saturated heterocycles. The second-order valence-electron chi connectivity index (χ2n) is 5.40. The first-order chi connectivity index (χ1) is 9.90. The number of anilines is 1. The molecule has 0 bridgehead atoms. The monoisotopic (exact) mass is 337 g/mol. The molecule has 0 saturated carbocycles. The Hall–Kier alpha value is -0.550. The molecule has 1 unspecified atom stereocenters. The van der Waals surface area contributed by atoms with Gasteiger partial charge in [-0.15, -0.1) is 0 Å². The minimum atomic E-state index is -0.647. The molecule has 21 heavy (non-hydrogen) atoms. The zero-order chi connectivity index (χ0) is 15.8. The van der Waals surface area contributed by atoms with Crippen LogP contribution in [0.15, 0.2) is 12.1 Å². The van der Waals surface area contributed by atoms with E-state index in [4.69, 9.17) is 27.9 Å². The Kier molecular flexibility index (Phi) is 8.34. The van der Waals surface area contributed by atoms with Gasteiger partial charge < -0.3 is 15.2 Å². The molecule has 0 aliphatic rings. The summed E-state index contributed by atoms with van der Waals surface area (Å²) in [6.45, 7) is 5.51. The predicted molar refractivity (Wildman–Crippen MR) is 85.8 cm³/mol. The van der Waals surface area contributed by atoms with Crippen molar-refractivity contribution < 1.29 is 14.2 Å². The first-order valence-electron chi connectivity index (χ1n) is 7.04. The molecule has 0 aromatic heterocycles. The maximum atomic E-state index is 13.2. The van der Waals surface area contributed by atoms with Gasteiger partial charge >= 0.3 is 0 Å². The van der Waals surface area contributed by atoms with Gasteiger partial charge in [0, 0.05) is 18.8 Å². The summed E-state index contributed by atoms with van der Waals surface area (Å²) >= 11 is 11.4. The molecule has 0 spiro atoms. The molecule has 0 amide bonds. The Bertz CT molecular complexity index is 421. The van der Waals surface area contributed by atoms with Gasteiger partial charge in [0.15, 0.2) is 5.82 Å². The molecule has 1 aromatic rings. The van der Waals surface area contributed by atoms with Crippen molar-refractivity contribution >= 4 is 28.9 Å². The molecular weight excluding hydrogens is 316 g/mol. The maximum absolute atomic E-state index is 13.2. The summed E-state index contributed by atoms with van der Waals surface area (Å²) in [5.74, 6) is 0.0195. The lowest BCUT2D eigenvalue weighted by atomic mass is 10.1. The topological polar surface area (TPSA) is 41.5 Å². The summed E-state index contributed by atoms with van der Waals surface area (Å²) in [4.78, 5) is 0. The fourth-order valence-electron chi connectivity index (χ4n) is 1.77. The lowest BCUT2D eigenvalue weighted by Crippen LogP contribution is -2.25. The smallest absolute Gasteiger partial charge is 0.160 e. The van der Waals surface area contributed by atoms with Gasteiger partial charge in [0.2, 0.25) is 0 Å². The van der Waals surface area contributed by atoms with Crippen molar-refractivity contribution in [1.29, 1.82) is 0 Å². The number of halogens is 3. The van der Waals surface area contributed by atoms with E-state index in [1.807, 2.05) is 0 Å². The second kappa shape index (κ2) is 9.46. The number of hydrogen-bond donors (Lipinski definition) is 2. The Morgan fingerprint density at radius 1 is 1.29 bits per heavy atom. The zero-order valence-corrected chi connectivity index (χ0v) is 13.8. The van der Waals surface area contributed by atoms with E-state index in [1.54, 1.807) is 0 Å². The molecular formula is C15H22Cl2FNO2. The van der Waals surface area contributed by atoms with Crippen molar-refractivity contribution in [3.05, 3.63) is 28.0 Å². The van der Waals surface area contributed by atoms with Crippen LogP contribution in [0.2, 0.25) is 10.0 Å². The average molecular weight is 338 g/mol. The molecule has 120 valence electrons. The molecule has 3 nitrogen and oxygen atoms in total. The first-order valence-corrected chi connectivity index (χ1v) is 7.80. The highest BCUT2D eigenvalue weighted by molar-refractivity contribution is 6.35. The van der Waals surface area contributed by atoms with E-state index >= 15 is 0 Å². The molecule has 0 fully saturated rings. The number of ether oxygens (including phenoxy) is 1. The Labute approximate surface area is 135 Å². The largest absolute Gasteiger partial charge is 0.389 e. The minimum absolute atomic E-state index is 0.0515. The number of aliphatic hydroxyl groups excluding tert-OH is 1. The molecule has 1 atom stereocenters. The molecule has 0 heterocycles. The summed E-state index contributed by atoms with van der Waals surface area (Å²) in [5, 5.41) is 12.6. The van der Waals surface area contributed by atoms with Crippen LogP contribution in [0.1, 0.15) is 26.7 Å². The first kappa shape index (κ1) is 18.5. The van der Waals surface area contributed by atoms with Crippen molar-refractivity contribution in [2.24, 2.45) is 5.92 Å². The van der Waals surface area contributed by atoms with Gasteiger partial charge in [0.25, 0.3) is 0 Å². The highest BCUT2D eigenvalue weighted by atomic mass is 35.5. The van der Waals surface area contributed by atoms with Gasteiger partial charge in [-0.3, -0.25) is 0 Å². The normalized spacial score (nSPS) is 12.7. The fraction of sp³-hybridized carbons (Fsp3) is 0.600. The van der Waals surface area contributed by atoms with E-state index < -0.39 is 11.9 Å². The minimum Gasteiger partial charge on any atom is -0.389 e. The highest BCUT2D eigenvalue weighted by Gasteiger charge is 2.09. The average Bonchev–Trinajstić information content (AvgIpc) is 2.41. The summed E-state index contributed by atoms with van der Waals surface area (Å²) in [6.07, 6.45) is 1.45. The van der Waals surface area contributed by atoms with E-state index in [1.165, 1.54) is 12.1 Å². The standard InChI is InChI=1S/C15H22Cl2FNO2/c1-10(2)4-3-5-21-9-12(20)8-19-11-6-13(16)15(18)14(17)7-11/h6-7,10,12,19-20H,3-5,8-9H2,1-2H3. The van der Waals surface area contributed by atoms with E-state index in [2.05, 4.69) is 19.2 Å². The SMILES string of the molecule is CC(C)CCCOCC(O)CNc1cc(Cl)c(F)c(Cl)c1.